The number of fused-ring (bicyclic) bond motifs is 5. The molecule has 0 aromatic rings. The molecule has 0 aromatic carbocycles. The van der Waals surface area contributed by atoms with E-state index in [1.807, 2.05) is 0 Å². The number of carbonyl (C=O) groups is 1. The Labute approximate surface area is 193 Å². The van der Waals surface area contributed by atoms with Crippen molar-refractivity contribution in [3.05, 3.63) is 11.6 Å². The van der Waals surface area contributed by atoms with E-state index in [1.165, 1.54) is 63.4 Å². The van der Waals surface area contributed by atoms with E-state index in [-0.39, 0.29) is 11.3 Å². The Kier molecular flexibility index (Phi) is 5.67. The Bertz CT molecular complexity index is 760. The van der Waals surface area contributed by atoms with Gasteiger partial charge in [0.1, 0.15) is 5.78 Å². The lowest BCUT2D eigenvalue weighted by molar-refractivity contribution is -0.225. The summed E-state index contributed by atoms with van der Waals surface area (Å²) in [7, 11) is 0. The van der Waals surface area contributed by atoms with Gasteiger partial charge in [0, 0.05) is 12.3 Å². The van der Waals surface area contributed by atoms with Crippen LogP contribution >= 0.6 is 0 Å². The number of Topliss-reactive ketones (excluding diaryl/α,β-unsaturated/α-hetero) is 1. The highest BCUT2D eigenvalue weighted by Gasteiger charge is 2.67. The fourth-order valence-corrected chi connectivity index (χ4v) is 9.93. The molecule has 0 heterocycles. The third-order valence-electron chi connectivity index (χ3n) is 12.2. The first kappa shape index (κ1) is 23.6. The van der Waals surface area contributed by atoms with Gasteiger partial charge in [0.2, 0.25) is 0 Å². The number of hydrogen-bond donors (Lipinski definition) is 0. The van der Waals surface area contributed by atoms with E-state index < -0.39 is 0 Å². The highest BCUT2D eigenvalue weighted by atomic mass is 16.1. The van der Waals surface area contributed by atoms with Gasteiger partial charge in [-0.1, -0.05) is 53.2 Å². The molecular formula is C30H50O. The summed E-state index contributed by atoms with van der Waals surface area (Å²) >= 11 is 0. The van der Waals surface area contributed by atoms with Gasteiger partial charge in [0.25, 0.3) is 0 Å². The predicted molar refractivity (Wildman–Crippen MR) is 132 cm³/mol. The van der Waals surface area contributed by atoms with Crippen molar-refractivity contribution in [3.63, 3.8) is 0 Å². The summed E-state index contributed by atoms with van der Waals surface area (Å²) in [4.78, 5) is 12.7. The van der Waals surface area contributed by atoms with E-state index in [0.29, 0.717) is 27.4 Å². The summed E-state index contributed by atoms with van der Waals surface area (Å²) in [6, 6.07) is 0. The fourth-order valence-electron chi connectivity index (χ4n) is 9.93. The summed E-state index contributed by atoms with van der Waals surface area (Å²) in [6.45, 7) is 19.8. The number of rotatable bonds is 3. The molecule has 0 radical (unpaired) electrons. The van der Waals surface area contributed by atoms with Crippen molar-refractivity contribution in [1.29, 1.82) is 0 Å². The average molecular weight is 427 g/mol. The van der Waals surface area contributed by atoms with Gasteiger partial charge in [-0.2, -0.15) is 0 Å². The monoisotopic (exact) mass is 426 g/mol. The zero-order valence-electron chi connectivity index (χ0n) is 22.0. The van der Waals surface area contributed by atoms with Crippen molar-refractivity contribution >= 4 is 5.78 Å². The van der Waals surface area contributed by atoms with Gasteiger partial charge in [0.15, 0.2) is 0 Å². The van der Waals surface area contributed by atoms with Gasteiger partial charge in [-0.15, -0.1) is 0 Å². The molecule has 4 aliphatic rings. The van der Waals surface area contributed by atoms with E-state index in [0.717, 1.165) is 24.7 Å². The summed E-state index contributed by atoms with van der Waals surface area (Å²) < 4.78 is 0. The van der Waals surface area contributed by atoms with Gasteiger partial charge in [-0.25, -0.2) is 0 Å². The van der Waals surface area contributed by atoms with Crippen LogP contribution in [-0.4, -0.2) is 5.78 Å². The lowest BCUT2D eigenvalue weighted by Gasteiger charge is -2.72. The van der Waals surface area contributed by atoms with Crippen LogP contribution in [0.5, 0.6) is 0 Å². The lowest BCUT2D eigenvalue weighted by Crippen LogP contribution is -2.64. The Morgan fingerprint density at radius 1 is 0.903 bits per heavy atom. The van der Waals surface area contributed by atoms with Crippen LogP contribution in [0.3, 0.4) is 0 Å². The third-order valence-corrected chi connectivity index (χ3v) is 12.2. The van der Waals surface area contributed by atoms with Crippen LogP contribution in [0.2, 0.25) is 0 Å². The molecule has 4 aliphatic carbocycles. The van der Waals surface area contributed by atoms with Gasteiger partial charge in [-0.05, 0) is 117 Å². The molecule has 0 aliphatic heterocycles. The molecule has 0 bridgehead atoms. The maximum atomic E-state index is 12.7. The summed E-state index contributed by atoms with van der Waals surface area (Å²) in [5.41, 5.74) is 3.56. The van der Waals surface area contributed by atoms with Gasteiger partial charge >= 0.3 is 0 Å². The van der Waals surface area contributed by atoms with Crippen molar-refractivity contribution in [1.82, 2.24) is 0 Å². The SMILES string of the molecule is CC(C)=CCCC1(C)CCC2(C)C3CCC4(C)C(C)C(=O)CCC4C3(C)CCC2(C)C1. The highest BCUT2D eigenvalue weighted by Crippen LogP contribution is 2.75. The van der Waals surface area contributed by atoms with Gasteiger partial charge < -0.3 is 0 Å². The normalized spacial score (nSPS) is 52.0. The molecule has 0 saturated heterocycles. The Morgan fingerprint density at radius 2 is 1.61 bits per heavy atom. The second-order valence-electron chi connectivity index (χ2n) is 14.2. The lowest BCUT2D eigenvalue weighted by atomic mass is 9.33. The van der Waals surface area contributed by atoms with Crippen LogP contribution in [0.15, 0.2) is 11.6 Å². The van der Waals surface area contributed by atoms with Crippen LogP contribution in [0.25, 0.3) is 0 Å². The molecule has 1 heteroatoms. The van der Waals surface area contributed by atoms with E-state index >= 15 is 0 Å². The van der Waals surface area contributed by atoms with Crippen LogP contribution in [0, 0.1) is 44.8 Å². The van der Waals surface area contributed by atoms with Crippen LogP contribution < -0.4 is 0 Å². The van der Waals surface area contributed by atoms with E-state index in [9.17, 15) is 4.79 Å². The summed E-state index contributed by atoms with van der Waals surface area (Å²) in [5, 5.41) is 0. The minimum atomic E-state index is 0.234. The quantitative estimate of drug-likeness (QED) is 0.412. The first-order valence-corrected chi connectivity index (χ1v) is 13.5. The number of ketones is 1. The first-order chi connectivity index (χ1) is 14.3. The minimum absolute atomic E-state index is 0.234. The van der Waals surface area contributed by atoms with E-state index in [1.54, 1.807) is 0 Å². The van der Waals surface area contributed by atoms with Crippen molar-refractivity contribution in [2.75, 3.05) is 0 Å². The van der Waals surface area contributed by atoms with E-state index in [2.05, 4.69) is 61.5 Å². The standard InChI is InChI=1S/C30H50O/c1-21(2)10-9-14-26(4)16-19-30(8)25-13-15-28(6)22(3)23(31)11-12-24(28)29(25,7)18-17-27(30,5)20-26/h10,22,24-25H,9,11-20H2,1-8H3. The highest BCUT2D eigenvalue weighted by molar-refractivity contribution is 5.82. The van der Waals surface area contributed by atoms with Gasteiger partial charge in [-0.3, -0.25) is 4.79 Å². The van der Waals surface area contributed by atoms with Crippen LogP contribution in [0.1, 0.15) is 126 Å². The zero-order valence-corrected chi connectivity index (χ0v) is 22.0. The zero-order chi connectivity index (χ0) is 22.9. The molecule has 0 spiro atoms. The van der Waals surface area contributed by atoms with Crippen molar-refractivity contribution in [2.45, 2.75) is 126 Å². The van der Waals surface area contributed by atoms with Crippen LogP contribution in [-0.2, 0) is 4.79 Å². The fraction of sp³-hybridized carbons (Fsp3) is 0.900. The molecule has 31 heavy (non-hydrogen) atoms. The minimum Gasteiger partial charge on any atom is -0.299 e. The number of hydrogen-bond acceptors (Lipinski definition) is 1. The largest absolute Gasteiger partial charge is 0.299 e. The molecule has 8 atom stereocenters. The Balaban J connectivity index is 1.61. The molecule has 176 valence electrons. The van der Waals surface area contributed by atoms with Crippen molar-refractivity contribution in [2.24, 2.45) is 44.8 Å². The molecule has 0 N–H and O–H groups in total. The number of allylic oxidation sites excluding steroid dienone is 2. The second kappa shape index (κ2) is 7.46. The molecule has 0 aromatic heterocycles. The maximum Gasteiger partial charge on any atom is 0.136 e. The first-order valence-electron chi connectivity index (χ1n) is 13.5. The average Bonchev–Trinajstić information content (AvgIpc) is 2.67. The molecule has 1 nitrogen and oxygen atoms in total. The molecule has 4 saturated carbocycles. The molecule has 0 amide bonds. The third kappa shape index (κ3) is 3.42. The molecule has 8 unspecified atom stereocenters. The molecule has 4 fully saturated rings. The van der Waals surface area contributed by atoms with Crippen molar-refractivity contribution < 1.29 is 4.79 Å². The predicted octanol–water partition coefficient (Wildman–Crippen LogP) is 8.77. The second-order valence-corrected chi connectivity index (χ2v) is 14.2. The van der Waals surface area contributed by atoms with Crippen molar-refractivity contribution in [3.8, 4) is 0 Å². The maximum absolute atomic E-state index is 12.7. The smallest absolute Gasteiger partial charge is 0.136 e. The molecule has 4 rings (SSSR count). The Hall–Kier alpha value is -0.590. The summed E-state index contributed by atoms with van der Waals surface area (Å²) in [5.74, 6) is 2.37. The summed E-state index contributed by atoms with van der Waals surface area (Å²) in [6.07, 6.45) is 16.7. The molecular weight excluding hydrogens is 376 g/mol. The topological polar surface area (TPSA) is 17.1 Å². The van der Waals surface area contributed by atoms with E-state index in [4.69, 9.17) is 0 Å². The Morgan fingerprint density at radius 3 is 2.29 bits per heavy atom. The van der Waals surface area contributed by atoms with Crippen LogP contribution in [0.4, 0.5) is 0 Å². The number of carbonyl (C=O) groups excluding carboxylic acids is 1. The van der Waals surface area contributed by atoms with Gasteiger partial charge in [0.05, 0.1) is 0 Å².